The standard InChI is InChI=1S/C24H30N4O2/c1-28-11-8-21(9-12-28)30-23-14-20(5-4-19(23)16-29-2)27-15-17-3-6-22-18(13-17)7-10-26-24(22)25/h3-7,10,13-14,21,27H,8-9,11-12,15-16H2,1-2H3,(H2,25,26). The smallest absolute Gasteiger partial charge is 0.131 e. The molecule has 0 atom stereocenters. The lowest BCUT2D eigenvalue weighted by Gasteiger charge is -2.30. The minimum atomic E-state index is 0.256. The molecular formula is C24H30N4O2. The fourth-order valence-electron chi connectivity index (χ4n) is 3.90. The normalized spacial score (nSPS) is 15.4. The molecule has 4 rings (SSSR count). The molecule has 1 aliphatic rings. The second-order valence-electron chi connectivity index (χ2n) is 7.98. The zero-order chi connectivity index (χ0) is 20.9. The highest BCUT2D eigenvalue weighted by Gasteiger charge is 2.19. The third-order valence-corrected chi connectivity index (χ3v) is 5.68. The molecule has 0 spiro atoms. The number of anilines is 2. The number of nitrogens with one attached hydrogen (secondary N) is 1. The Morgan fingerprint density at radius 1 is 1.13 bits per heavy atom. The van der Waals surface area contributed by atoms with E-state index in [2.05, 4.69) is 52.6 Å². The predicted octanol–water partition coefficient (Wildman–Crippen LogP) is 4.05. The highest BCUT2D eigenvalue weighted by molar-refractivity contribution is 5.91. The van der Waals surface area contributed by atoms with Crippen LogP contribution in [0.1, 0.15) is 24.0 Å². The summed E-state index contributed by atoms with van der Waals surface area (Å²) in [4.78, 5) is 6.50. The number of hydrogen-bond acceptors (Lipinski definition) is 6. The van der Waals surface area contributed by atoms with Crippen molar-refractivity contribution in [3.8, 4) is 5.75 Å². The number of likely N-dealkylation sites (tertiary alicyclic amines) is 1. The average Bonchev–Trinajstić information content (AvgIpc) is 2.76. The number of fused-ring (bicyclic) bond motifs is 1. The molecule has 6 heteroatoms. The monoisotopic (exact) mass is 406 g/mol. The Hall–Kier alpha value is -2.83. The fourth-order valence-corrected chi connectivity index (χ4v) is 3.90. The Balaban J connectivity index is 1.47. The summed E-state index contributed by atoms with van der Waals surface area (Å²) < 4.78 is 11.8. The van der Waals surface area contributed by atoms with Crippen molar-refractivity contribution in [2.24, 2.45) is 0 Å². The van der Waals surface area contributed by atoms with E-state index in [4.69, 9.17) is 15.2 Å². The number of hydrogen-bond donors (Lipinski definition) is 2. The van der Waals surface area contributed by atoms with Crippen LogP contribution in [0.5, 0.6) is 5.75 Å². The summed E-state index contributed by atoms with van der Waals surface area (Å²) in [6.45, 7) is 3.41. The maximum Gasteiger partial charge on any atom is 0.131 e. The third kappa shape index (κ3) is 4.83. The molecule has 1 saturated heterocycles. The van der Waals surface area contributed by atoms with Crippen molar-refractivity contribution in [2.75, 3.05) is 38.3 Å². The molecule has 0 aliphatic carbocycles. The summed E-state index contributed by atoms with van der Waals surface area (Å²) in [5.74, 6) is 1.48. The molecule has 2 aromatic carbocycles. The van der Waals surface area contributed by atoms with E-state index in [1.807, 2.05) is 12.1 Å². The number of methoxy groups -OCH3 is 1. The minimum Gasteiger partial charge on any atom is -0.490 e. The van der Waals surface area contributed by atoms with Crippen molar-refractivity contribution in [1.82, 2.24) is 9.88 Å². The topological polar surface area (TPSA) is 72.6 Å². The lowest BCUT2D eigenvalue weighted by atomic mass is 10.1. The molecule has 30 heavy (non-hydrogen) atoms. The number of benzene rings is 2. The van der Waals surface area contributed by atoms with Crippen LogP contribution < -0.4 is 15.8 Å². The van der Waals surface area contributed by atoms with Crippen molar-refractivity contribution >= 4 is 22.3 Å². The van der Waals surface area contributed by atoms with E-state index >= 15 is 0 Å². The van der Waals surface area contributed by atoms with Crippen LogP contribution in [0.25, 0.3) is 10.8 Å². The van der Waals surface area contributed by atoms with Gasteiger partial charge in [-0.15, -0.1) is 0 Å². The molecule has 0 saturated carbocycles. The van der Waals surface area contributed by atoms with Crippen LogP contribution in [0.2, 0.25) is 0 Å². The first-order valence-corrected chi connectivity index (χ1v) is 10.5. The molecule has 0 radical (unpaired) electrons. The Morgan fingerprint density at radius 2 is 1.97 bits per heavy atom. The molecule has 2 heterocycles. The van der Waals surface area contributed by atoms with Crippen LogP contribution in [0.4, 0.5) is 11.5 Å². The van der Waals surface area contributed by atoms with Crippen molar-refractivity contribution in [2.45, 2.75) is 32.1 Å². The highest BCUT2D eigenvalue weighted by Crippen LogP contribution is 2.28. The lowest BCUT2D eigenvalue weighted by molar-refractivity contribution is 0.109. The van der Waals surface area contributed by atoms with Crippen LogP contribution in [-0.2, 0) is 17.9 Å². The van der Waals surface area contributed by atoms with E-state index in [9.17, 15) is 0 Å². The first kappa shape index (κ1) is 20.4. The summed E-state index contributed by atoms with van der Waals surface area (Å²) in [5.41, 5.74) is 9.26. The molecule has 158 valence electrons. The van der Waals surface area contributed by atoms with E-state index in [-0.39, 0.29) is 6.10 Å². The van der Waals surface area contributed by atoms with Gasteiger partial charge in [0.1, 0.15) is 17.7 Å². The fraction of sp³-hybridized carbons (Fsp3) is 0.375. The zero-order valence-corrected chi connectivity index (χ0v) is 17.7. The van der Waals surface area contributed by atoms with Gasteiger partial charge in [-0.2, -0.15) is 0 Å². The third-order valence-electron chi connectivity index (χ3n) is 5.68. The van der Waals surface area contributed by atoms with Gasteiger partial charge in [0.15, 0.2) is 0 Å². The number of piperidine rings is 1. The minimum absolute atomic E-state index is 0.256. The van der Waals surface area contributed by atoms with Gasteiger partial charge in [0.25, 0.3) is 0 Å². The number of nitrogens with zero attached hydrogens (tertiary/aromatic N) is 2. The summed E-state index contributed by atoms with van der Waals surface area (Å²) in [7, 11) is 3.88. The second-order valence-corrected chi connectivity index (χ2v) is 7.98. The number of nitrogen functional groups attached to an aromatic ring is 1. The van der Waals surface area contributed by atoms with Crippen molar-refractivity contribution in [3.05, 3.63) is 59.8 Å². The van der Waals surface area contributed by atoms with Crippen LogP contribution in [0.15, 0.2) is 48.7 Å². The van der Waals surface area contributed by atoms with Gasteiger partial charge in [0.2, 0.25) is 0 Å². The molecule has 1 aromatic heterocycles. The van der Waals surface area contributed by atoms with Gasteiger partial charge >= 0.3 is 0 Å². The Labute approximate surface area is 178 Å². The van der Waals surface area contributed by atoms with Crippen LogP contribution in [0, 0.1) is 0 Å². The van der Waals surface area contributed by atoms with Crippen LogP contribution in [0.3, 0.4) is 0 Å². The van der Waals surface area contributed by atoms with Gasteiger partial charge in [-0.3, -0.25) is 0 Å². The van der Waals surface area contributed by atoms with Gasteiger partial charge in [-0.25, -0.2) is 4.98 Å². The molecule has 1 fully saturated rings. The number of nitrogens with two attached hydrogens (primary N) is 1. The maximum atomic E-state index is 6.38. The van der Waals surface area contributed by atoms with Gasteiger partial charge in [0, 0.05) is 55.6 Å². The van der Waals surface area contributed by atoms with Crippen molar-refractivity contribution in [1.29, 1.82) is 0 Å². The first-order chi connectivity index (χ1) is 14.6. The quantitative estimate of drug-likeness (QED) is 0.617. The molecule has 3 N–H and O–H groups in total. The number of aromatic nitrogens is 1. The second kappa shape index (κ2) is 9.32. The van der Waals surface area contributed by atoms with Gasteiger partial charge in [-0.1, -0.05) is 18.2 Å². The van der Waals surface area contributed by atoms with Gasteiger partial charge in [0.05, 0.1) is 6.61 Å². The number of ether oxygens (including phenoxy) is 2. The zero-order valence-electron chi connectivity index (χ0n) is 17.7. The van der Waals surface area contributed by atoms with Gasteiger partial charge in [-0.05, 0) is 49.0 Å². The number of rotatable bonds is 7. The predicted molar refractivity (Wildman–Crippen MR) is 122 cm³/mol. The van der Waals surface area contributed by atoms with E-state index in [1.54, 1.807) is 13.3 Å². The summed E-state index contributed by atoms with van der Waals surface area (Å²) >= 11 is 0. The largest absolute Gasteiger partial charge is 0.490 e. The average molecular weight is 407 g/mol. The van der Waals surface area contributed by atoms with Gasteiger partial charge < -0.3 is 25.4 Å². The lowest BCUT2D eigenvalue weighted by Crippen LogP contribution is -2.35. The maximum absolute atomic E-state index is 6.38. The molecule has 1 aliphatic heterocycles. The van der Waals surface area contributed by atoms with Crippen molar-refractivity contribution < 1.29 is 9.47 Å². The number of pyridine rings is 1. The molecular weight excluding hydrogens is 376 g/mol. The van der Waals surface area contributed by atoms with E-state index in [1.165, 1.54) is 5.56 Å². The highest BCUT2D eigenvalue weighted by atomic mass is 16.5. The molecule has 0 amide bonds. The Kier molecular flexibility index (Phi) is 6.35. The van der Waals surface area contributed by atoms with Crippen LogP contribution in [-0.4, -0.2) is 43.2 Å². The SMILES string of the molecule is COCc1ccc(NCc2ccc3c(N)nccc3c2)cc1OC1CCN(C)CC1. The summed E-state index contributed by atoms with van der Waals surface area (Å²) in [5, 5.41) is 5.60. The molecule has 0 unspecified atom stereocenters. The Bertz CT molecular complexity index is 1000. The summed E-state index contributed by atoms with van der Waals surface area (Å²) in [6.07, 6.45) is 4.10. The Morgan fingerprint density at radius 3 is 2.77 bits per heavy atom. The molecule has 0 bridgehead atoms. The first-order valence-electron chi connectivity index (χ1n) is 10.5. The molecule has 6 nitrogen and oxygen atoms in total. The summed E-state index contributed by atoms with van der Waals surface area (Å²) in [6, 6.07) is 14.5. The van der Waals surface area contributed by atoms with Crippen LogP contribution >= 0.6 is 0 Å². The van der Waals surface area contributed by atoms with Crippen molar-refractivity contribution in [3.63, 3.8) is 0 Å². The molecule has 3 aromatic rings. The van der Waals surface area contributed by atoms with E-state index in [0.717, 1.165) is 60.2 Å². The van der Waals surface area contributed by atoms with E-state index < -0.39 is 0 Å². The van der Waals surface area contributed by atoms with E-state index in [0.29, 0.717) is 12.4 Å².